The molecule has 0 unspecified atom stereocenters. The lowest BCUT2D eigenvalue weighted by Gasteiger charge is -2.19. The molecule has 1 N–H and O–H groups in total. The lowest BCUT2D eigenvalue weighted by atomic mass is 10.1. The average Bonchev–Trinajstić information content (AvgIpc) is 2.40. The van der Waals surface area contributed by atoms with Crippen LogP contribution in [0.15, 0.2) is 24.3 Å². The summed E-state index contributed by atoms with van der Waals surface area (Å²) < 4.78 is 5.14. The second-order valence-corrected chi connectivity index (χ2v) is 6.28. The van der Waals surface area contributed by atoms with Crippen molar-refractivity contribution >= 4 is 35.2 Å². The standard InChI is InChI=1S/C15H14Cl2N3O2/c1-15(2,3)22-14(21)20-13-18-7-6-12(19-13)9-4-5-10(16)11(17)8-9/h4-6,8H,1-3H3,(H,18,19,20,21). The second-order valence-electron chi connectivity index (χ2n) is 5.46. The van der Waals surface area contributed by atoms with E-state index in [1.54, 1.807) is 45.0 Å². The van der Waals surface area contributed by atoms with Gasteiger partial charge < -0.3 is 4.74 Å². The molecule has 0 aliphatic rings. The van der Waals surface area contributed by atoms with E-state index in [2.05, 4.69) is 21.5 Å². The monoisotopic (exact) mass is 338 g/mol. The largest absolute Gasteiger partial charge is 0.444 e. The molecule has 1 amide bonds. The third kappa shape index (κ3) is 4.58. The van der Waals surface area contributed by atoms with Gasteiger partial charge in [-0.1, -0.05) is 29.3 Å². The SMILES string of the molecule is CC(C)(C)OC(=O)Nc1n[c]cc(-c2ccc(Cl)c(Cl)c2)n1. The first kappa shape index (κ1) is 16.5. The highest BCUT2D eigenvalue weighted by Crippen LogP contribution is 2.27. The highest BCUT2D eigenvalue weighted by atomic mass is 35.5. The molecule has 1 heterocycles. The third-order valence-corrected chi connectivity index (χ3v) is 3.17. The fourth-order valence-electron chi connectivity index (χ4n) is 1.58. The molecule has 7 heteroatoms. The molecule has 115 valence electrons. The Bertz CT molecular complexity index is 699. The van der Waals surface area contributed by atoms with Gasteiger partial charge >= 0.3 is 6.09 Å². The topological polar surface area (TPSA) is 64.1 Å². The number of ether oxygens (including phenoxy) is 1. The molecule has 0 bridgehead atoms. The summed E-state index contributed by atoms with van der Waals surface area (Å²) in [5, 5.41) is 3.33. The Balaban J connectivity index is 2.19. The summed E-state index contributed by atoms with van der Waals surface area (Å²) in [5.74, 6) is 0.0952. The van der Waals surface area contributed by atoms with Crippen LogP contribution in [0.2, 0.25) is 10.0 Å². The summed E-state index contributed by atoms with van der Waals surface area (Å²) in [6.07, 6.45) is 2.04. The van der Waals surface area contributed by atoms with E-state index in [0.29, 0.717) is 15.7 Å². The van der Waals surface area contributed by atoms with Crippen molar-refractivity contribution in [3.05, 3.63) is 40.5 Å². The number of hydrogen-bond acceptors (Lipinski definition) is 4. The maximum atomic E-state index is 11.7. The molecule has 0 saturated carbocycles. The Morgan fingerprint density at radius 3 is 2.64 bits per heavy atom. The van der Waals surface area contributed by atoms with Crippen LogP contribution in [0.4, 0.5) is 10.7 Å². The van der Waals surface area contributed by atoms with Crippen LogP contribution < -0.4 is 5.32 Å². The Kier molecular flexibility index (Phi) is 4.88. The summed E-state index contributed by atoms with van der Waals surface area (Å²) in [6, 6.07) is 6.70. The van der Waals surface area contributed by atoms with Gasteiger partial charge in [-0.3, -0.25) is 5.32 Å². The molecule has 1 aromatic carbocycles. The van der Waals surface area contributed by atoms with Gasteiger partial charge in [-0.05, 0) is 39.0 Å². The lowest BCUT2D eigenvalue weighted by Crippen LogP contribution is -2.27. The van der Waals surface area contributed by atoms with Crippen molar-refractivity contribution in [2.75, 3.05) is 5.32 Å². The number of benzene rings is 1. The van der Waals surface area contributed by atoms with E-state index in [1.165, 1.54) is 0 Å². The number of halogens is 2. The molecule has 0 fully saturated rings. The quantitative estimate of drug-likeness (QED) is 0.869. The normalized spacial score (nSPS) is 11.1. The van der Waals surface area contributed by atoms with E-state index in [4.69, 9.17) is 27.9 Å². The Labute approximate surface area is 138 Å². The van der Waals surface area contributed by atoms with Gasteiger partial charge in [-0.2, -0.15) is 0 Å². The van der Waals surface area contributed by atoms with Crippen molar-refractivity contribution in [1.82, 2.24) is 9.97 Å². The minimum atomic E-state index is -0.632. The van der Waals surface area contributed by atoms with E-state index < -0.39 is 11.7 Å². The highest BCUT2D eigenvalue weighted by molar-refractivity contribution is 6.42. The van der Waals surface area contributed by atoms with E-state index in [0.717, 1.165) is 5.56 Å². The van der Waals surface area contributed by atoms with Crippen LogP contribution in [0.25, 0.3) is 11.3 Å². The number of carbonyl (C=O) groups excluding carboxylic acids is 1. The van der Waals surface area contributed by atoms with E-state index >= 15 is 0 Å². The highest BCUT2D eigenvalue weighted by Gasteiger charge is 2.17. The van der Waals surface area contributed by atoms with Gasteiger partial charge in [0.05, 0.1) is 21.9 Å². The molecule has 22 heavy (non-hydrogen) atoms. The molecule has 2 aromatic rings. The van der Waals surface area contributed by atoms with Gasteiger partial charge in [0.2, 0.25) is 5.95 Å². The summed E-state index contributed by atoms with van der Waals surface area (Å²) >= 11 is 11.9. The number of amides is 1. The summed E-state index contributed by atoms with van der Waals surface area (Å²) in [5.41, 5.74) is 0.690. The van der Waals surface area contributed by atoms with Crippen molar-refractivity contribution in [3.63, 3.8) is 0 Å². The maximum absolute atomic E-state index is 11.7. The van der Waals surface area contributed by atoms with Crippen LogP contribution in [-0.4, -0.2) is 21.7 Å². The fourth-order valence-corrected chi connectivity index (χ4v) is 1.88. The van der Waals surface area contributed by atoms with Gasteiger partial charge in [0, 0.05) is 5.56 Å². The minimum absolute atomic E-state index is 0.0952. The number of rotatable bonds is 2. The number of nitrogens with zero attached hydrogens (tertiary/aromatic N) is 2. The number of anilines is 1. The predicted octanol–water partition coefficient (Wildman–Crippen LogP) is 4.60. The molecule has 0 aliphatic carbocycles. The number of aromatic nitrogens is 2. The van der Waals surface area contributed by atoms with Crippen molar-refractivity contribution in [1.29, 1.82) is 0 Å². The molecule has 1 radical (unpaired) electrons. The zero-order chi connectivity index (χ0) is 16.3. The smallest absolute Gasteiger partial charge is 0.414 e. The minimum Gasteiger partial charge on any atom is -0.444 e. The Morgan fingerprint density at radius 2 is 2.00 bits per heavy atom. The Morgan fingerprint density at radius 1 is 1.27 bits per heavy atom. The average molecular weight is 339 g/mol. The van der Waals surface area contributed by atoms with Gasteiger partial charge in [0.25, 0.3) is 0 Å². The van der Waals surface area contributed by atoms with Crippen LogP contribution in [0.3, 0.4) is 0 Å². The summed E-state index contributed by atoms with van der Waals surface area (Å²) in [7, 11) is 0. The van der Waals surface area contributed by atoms with Crippen LogP contribution in [0.5, 0.6) is 0 Å². The summed E-state index contributed by atoms with van der Waals surface area (Å²) in [4.78, 5) is 19.8. The van der Waals surface area contributed by atoms with Gasteiger partial charge in [0.15, 0.2) is 0 Å². The predicted molar refractivity (Wildman–Crippen MR) is 86.2 cm³/mol. The first-order chi connectivity index (χ1) is 10.2. The van der Waals surface area contributed by atoms with Crippen LogP contribution in [-0.2, 0) is 4.74 Å². The van der Waals surface area contributed by atoms with Crippen molar-refractivity contribution in [2.45, 2.75) is 26.4 Å². The lowest BCUT2D eigenvalue weighted by molar-refractivity contribution is 0.0634. The molecule has 2 rings (SSSR count). The van der Waals surface area contributed by atoms with Crippen molar-refractivity contribution in [3.8, 4) is 11.3 Å². The maximum Gasteiger partial charge on any atom is 0.414 e. The zero-order valence-electron chi connectivity index (χ0n) is 12.3. The van der Waals surface area contributed by atoms with Gasteiger partial charge in [0.1, 0.15) is 5.60 Å². The first-order valence-corrected chi connectivity index (χ1v) is 7.21. The number of hydrogen-bond donors (Lipinski definition) is 1. The van der Waals surface area contributed by atoms with Crippen molar-refractivity contribution < 1.29 is 9.53 Å². The van der Waals surface area contributed by atoms with E-state index in [1.807, 2.05) is 0 Å². The second kappa shape index (κ2) is 6.50. The molecule has 0 saturated heterocycles. The van der Waals surface area contributed by atoms with E-state index in [9.17, 15) is 4.79 Å². The van der Waals surface area contributed by atoms with Crippen LogP contribution in [0, 0.1) is 6.20 Å². The molecule has 5 nitrogen and oxygen atoms in total. The molecule has 1 aromatic heterocycles. The fraction of sp³-hybridized carbons (Fsp3) is 0.267. The molecular weight excluding hydrogens is 325 g/mol. The Hall–Kier alpha value is -1.85. The number of carbonyl (C=O) groups is 1. The third-order valence-electron chi connectivity index (χ3n) is 2.43. The van der Waals surface area contributed by atoms with E-state index in [-0.39, 0.29) is 5.95 Å². The van der Waals surface area contributed by atoms with Crippen LogP contribution >= 0.6 is 23.2 Å². The van der Waals surface area contributed by atoms with Crippen LogP contribution in [0.1, 0.15) is 20.8 Å². The van der Waals surface area contributed by atoms with Gasteiger partial charge in [-0.15, -0.1) is 0 Å². The van der Waals surface area contributed by atoms with Crippen molar-refractivity contribution in [2.24, 2.45) is 0 Å². The first-order valence-electron chi connectivity index (χ1n) is 6.45. The van der Waals surface area contributed by atoms with Gasteiger partial charge in [-0.25, -0.2) is 14.8 Å². The molecule has 0 spiro atoms. The molecular formula is C15H14Cl2N3O2. The number of nitrogens with one attached hydrogen (secondary N) is 1. The molecule has 0 aliphatic heterocycles. The zero-order valence-corrected chi connectivity index (χ0v) is 13.8. The molecule has 0 atom stereocenters. The summed E-state index contributed by atoms with van der Waals surface area (Å²) in [6.45, 7) is 5.31.